The van der Waals surface area contributed by atoms with Gasteiger partial charge in [-0.2, -0.15) is 0 Å². The average molecular weight is 188 g/mol. The molecule has 0 rings (SSSR count). The molecule has 0 aromatic heterocycles. The maximum Gasteiger partial charge on any atom is 0.321 e. The number of urea groups is 1. The molecule has 3 N–H and O–H groups in total. The van der Waals surface area contributed by atoms with E-state index in [1.807, 2.05) is 5.32 Å². The summed E-state index contributed by atoms with van der Waals surface area (Å²) in [6.45, 7) is 1.62. The van der Waals surface area contributed by atoms with Crippen LogP contribution < -0.4 is 10.6 Å². The first kappa shape index (κ1) is 11.4. The molecule has 0 bridgehead atoms. The Bertz CT molecular complexity index is 215. The number of carbonyl (C=O) groups is 3. The second-order valence-corrected chi connectivity index (χ2v) is 2.30. The Labute approximate surface area is 75.3 Å². The quantitative estimate of drug-likeness (QED) is 0.564. The van der Waals surface area contributed by atoms with Gasteiger partial charge in [-0.3, -0.25) is 14.9 Å². The van der Waals surface area contributed by atoms with Gasteiger partial charge in [-0.1, -0.05) is 6.92 Å². The maximum atomic E-state index is 10.8. The van der Waals surface area contributed by atoms with Crippen molar-refractivity contribution in [2.24, 2.45) is 0 Å². The standard InChI is InChI=1S/C7H12N2O4/c1-2-5(10)9-7(13)8-4-3-6(11)12/h2-4H2,1H3,(H,11,12)(H2,8,9,10,13). The molecule has 0 aliphatic rings. The molecule has 3 amide bonds. The summed E-state index contributed by atoms with van der Waals surface area (Å²) in [4.78, 5) is 31.4. The van der Waals surface area contributed by atoms with E-state index in [4.69, 9.17) is 5.11 Å². The Kier molecular flexibility index (Phi) is 5.25. The third kappa shape index (κ3) is 6.79. The van der Waals surface area contributed by atoms with E-state index in [1.54, 1.807) is 6.92 Å². The summed E-state index contributed by atoms with van der Waals surface area (Å²) in [7, 11) is 0. The first-order valence-electron chi connectivity index (χ1n) is 3.85. The number of imide groups is 1. The number of carboxylic acid groups (broad SMARTS) is 1. The number of rotatable bonds is 4. The van der Waals surface area contributed by atoms with Crippen LogP contribution >= 0.6 is 0 Å². The zero-order valence-corrected chi connectivity index (χ0v) is 7.29. The third-order valence-corrected chi connectivity index (χ3v) is 1.20. The summed E-state index contributed by atoms with van der Waals surface area (Å²) in [5.74, 6) is -1.39. The molecule has 0 aliphatic carbocycles. The predicted molar refractivity (Wildman–Crippen MR) is 44.1 cm³/mol. The van der Waals surface area contributed by atoms with Crippen LogP contribution in [-0.2, 0) is 9.59 Å². The van der Waals surface area contributed by atoms with Gasteiger partial charge in [-0.05, 0) is 0 Å². The number of carbonyl (C=O) groups excluding carboxylic acids is 2. The van der Waals surface area contributed by atoms with Crippen molar-refractivity contribution in [3.05, 3.63) is 0 Å². The van der Waals surface area contributed by atoms with Gasteiger partial charge in [0.05, 0.1) is 6.42 Å². The second kappa shape index (κ2) is 5.99. The summed E-state index contributed by atoms with van der Waals surface area (Å²) in [6, 6.07) is -0.659. The maximum absolute atomic E-state index is 10.8. The molecule has 0 fully saturated rings. The fourth-order valence-corrected chi connectivity index (χ4v) is 0.542. The van der Waals surface area contributed by atoms with Crippen molar-refractivity contribution >= 4 is 17.9 Å². The topological polar surface area (TPSA) is 95.5 Å². The largest absolute Gasteiger partial charge is 0.481 e. The Morgan fingerprint density at radius 1 is 1.31 bits per heavy atom. The highest BCUT2D eigenvalue weighted by atomic mass is 16.4. The van der Waals surface area contributed by atoms with E-state index in [2.05, 4.69) is 5.32 Å². The molecule has 0 spiro atoms. The van der Waals surface area contributed by atoms with Gasteiger partial charge in [0.25, 0.3) is 0 Å². The Hall–Kier alpha value is -1.59. The van der Waals surface area contributed by atoms with Crippen LogP contribution in [0, 0.1) is 0 Å². The molecule has 6 heteroatoms. The molecule has 0 radical (unpaired) electrons. The van der Waals surface area contributed by atoms with E-state index in [0.717, 1.165) is 0 Å². The third-order valence-electron chi connectivity index (χ3n) is 1.20. The molecule has 0 saturated heterocycles. The molecule has 0 atom stereocenters. The molecule has 13 heavy (non-hydrogen) atoms. The summed E-state index contributed by atoms with van der Waals surface area (Å²) < 4.78 is 0. The smallest absolute Gasteiger partial charge is 0.321 e. The molecular weight excluding hydrogens is 176 g/mol. The van der Waals surface area contributed by atoms with Crippen molar-refractivity contribution in [2.45, 2.75) is 19.8 Å². The summed E-state index contributed by atoms with van der Waals surface area (Å²) in [5.41, 5.74) is 0. The SMILES string of the molecule is CCC(=O)NC(=O)NCCC(=O)O. The van der Waals surface area contributed by atoms with Crippen LogP contribution in [0.5, 0.6) is 0 Å². The Morgan fingerprint density at radius 2 is 1.92 bits per heavy atom. The Morgan fingerprint density at radius 3 is 2.38 bits per heavy atom. The van der Waals surface area contributed by atoms with Crippen LogP contribution in [0.15, 0.2) is 0 Å². The molecule has 6 nitrogen and oxygen atoms in total. The first-order chi connectivity index (χ1) is 6.06. The minimum atomic E-state index is -0.998. The number of hydrogen-bond acceptors (Lipinski definition) is 3. The zero-order valence-electron chi connectivity index (χ0n) is 7.29. The Balaban J connectivity index is 3.52. The van der Waals surface area contributed by atoms with Gasteiger partial charge in [0, 0.05) is 13.0 Å². The van der Waals surface area contributed by atoms with Crippen molar-refractivity contribution < 1.29 is 19.5 Å². The number of hydrogen-bond donors (Lipinski definition) is 3. The molecule has 0 aromatic rings. The minimum absolute atomic E-state index is 0.0121. The summed E-state index contributed by atoms with van der Waals surface area (Å²) in [5, 5.41) is 12.5. The first-order valence-corrected chi connectivity index (χ1v) is 3.85. The molecule has 74 valence electrons. The van der Waals surface area contributed by atoms with Crippen molar-refractivity contribution in [2.75, 3.05) is 6.54 Å². The van der Waals surface area contributed by atoms with Gasteiger partial charge in [-0.25, -0.2) is 4.79 Å². The highest BCUT2D eigenvalue weighted by Crippen LogP contribution is 1.77. The average Bonchev–Trinajstić information content (AvgIpc) is 2.03. The van der Waals surface area contributed by atoms with E-state index in [0.29, 0.717) is 0 Å². The fourth-order valence-electron chi connectivity index (χ4n) is 0.542. The van der Waals surface area contributed by atoms with Crippen molar-refractivity contribution in [1.29, 1.82) is 0 Å². The normalized spacial score (nSPS) is 9.00. The van der Waals surface area contributed by atoms with Crippen molar-refractivity contribution in [3.63, 3.8) is 0 Å². The van der Waals surface area contributed by atoms with E-state index in [1.165, 1.54) is 0 Å². The lowest BCUT2D eigenvalue weighted by atomic mass is 10.4. The molecule has 0 aromatic carbocycles. The van der Waals surface area contributed by atoms with Gasteiger partial charge in [0.1, 0.15) is 0 Å². The van der Waals surface area contributed by atoms with E-state index in [-0.39, 0.29) is 19.4 Å². The number of carboxylic acids is 1. The van der Waals surface area contributed by atoms with Gasteiger partial charge in [0.2, 0.25) is 5.91 Å². The monoisotopic (exact) mass is 188 g/mol. The number of aliphatic carboxylic acids is 1. The van der Waals surface area contributed by atoms with Crippen LogP contribution in [0.25, 0.3) is 0 Å². The van der Waals surface area contributed by atoms with Crippen LogP contribution in [0.4, 0.5) is 4.79 Å². The second-order valence-electron chi connectivity index (χ2n) is 2.30. The van der Waals surface area contributed by atoms with E-state index < -0.39 is 17.9 Å². The lowest BCUT2D eigenvalue weighted by molar-refractivity contribution is -0.136. The molecule has 0 heterocycles. The van der Waals surface area contributed by atoms with Gasteiger partial charge in [-0.15, -0.1) is 0 Å². The van der Waals surface area contributed by atoms with Crippen LogP contribution in [0.3, 0.4) is 0 Å². The summed E-state index contributed by atoms with van der Waals surface area (Å²) in [6.07, 6.45) is 0.0556. The van der Waals surface area contributed by atoms with E-state index in [9.17, 15) is 14.4 Å². The van der Waals surface area contributed by atoms with Crippen LogP contribution in [0.1, 0.15) is 19.8 Å². The zero-order chi connectivity index (χ0) is 10.3. The van der Waals surface area contributed by atoms with Crippen LogP contribution in [-0.4, -0.2) is 29.6 Å². The van der Waals surface area contributed by atoms with Gasteiger partial charge >= 0.3 is 12.0 Å². The fraction of sp³-hybridized carbons (Fsp3) is 0.571. The van der Waals surface area contributed by atoms with E-state index >= 15 is 0 Å². The molecule has 0 unspecified atom stereocenters. The summed E-state index contributed by atoms with van der Waals surface area (Å²) >= 11 is 0. The highest BCUT2D eigenvalue weighted by Gasteiger charge is 2.04. The predicted octanol–water partition coefficient (Wildman–Crippen LogP) is -0.303. The van der Waals surface area contributed by atoms with Crippen molar-refractivity contribution in [3.8, 4) is 0 Å². The van der Waals surface area contributed by atoms with Gasteiger partial charge in [0.15, 0.2) is 0 Å². The number of amides is 3. The minimum Gasteiger partial charge on any atom is -0.481 e. The van der Waals surface area contributed by atoms with Crippen molar-refractivity contribution in [1.82, 2.24) is 10.6 Å². The molecule has 0 saturated carbocycles. The molecular formula is C7H12N2O4. The lowest BCUT2D eigenvalue weighted by Crippen LogP contribution is -2.39. The lowest BCUT2D eigenvalue weighted by Gasteiger charge is -2.03. The van der Waals surface area contributed by atoms with Crippen LogP contribution in [0.2, 0.25) is 0 Å². The highest BCUT2D eigenvalue weighted by molar-refractivity contribution is 5.94. The van der Waals surface area contributed by atoms with Gasteiger partial charge < -0.3 is 10.4 Å². The number of nitrogens with one attached hydrogen (secondary N) is 2. The molecule has 0 aliphatic heterocycles.